The number of pyridine rings is 1. The first-order valence-electron chi connectivity index (χ1n) is 7.48. The predicted octanol–water partition coefficient (Wildman–Crippen LogP) is 4.15. The maximum absolute atomic E-state index is 12.4. The molecule has 0 bridgehead atoms. The Morgan fingerprint density at radius 3 is 2.27 bits per heavy atom. The minimum Gasteiger partial charge on any atom is -0.354 e. The van der Waals surface area contributed by atoms with E-state index in [1.54, 1.807) is 48.5 Å². The van der Waals surface area contributed by atoms with Crippen molar-refractivity contribution in [3.63, 3.8) is 0 Å². The Morgan fingerprint density at radius 1 is 0.962 bits per heavy atom. The van der Waals surface area contributed by atoms with E-state index in [4.69, 9.17) is 16.9 Å². The lowest BCUT2D eigenvalue weighted by molar-refractivity contribution is 0.601. The van der Waals surface area contributed by atoms with Crippen molar-refractivity contribution in [1.82, 2.24) is 4.98 Å². The zero-order valence-electron chi connectivity index (χ0n) is 13.3. The highest BCUT2D eigenvalue weighted by atomic mass is 35.5. The van der Waals surface area contributed by atoms with Crippen LogP contribution in [0.3, 0.4) is 0 Å². The highest BCUT2D eigenvalue weighted by Gasteiger charge is 2.17. The molecule has 0 atom stereocenters. The minimum atomic E-state index is -3.82. The van der Waals surface area contributed by atoms with E-state index in [1.807, 2.05) is 6.07 Å². The molecule has 26 heavy (non-hydrogen) atoms. The van der Waals surface area contributed by atoms with Gasteiger partial charge >= 0.3 is 0 Å². The third-order valence-corrected chi connectivity index (χ3v) is 5.29. The summed E-state index contributed by atoms with van der Waals surface area (Å²) in [6.45, 7) is 0. The minimum absolute atomic E-state index is 0.0109. The van der Waals surface area contributed by atoms with Gasteiger partial charge in [-0.15, -0.1) is 0 Å². The van der Waals surface area contributed by atoms with Gasteiger partial charge < -0.3 is 5.32 Å². The number of benzene rings is 2. The van der Waals surface area contributed by atoms with Crippen LogP contribution in [0.1, 0.15) is 5.56 Å². The van der Waals surface area contributed by atoms with Crippen LogP contribution in [0.2, 0.25) is 5.02 Å². The molecule has 6 nitrogen and oxygen atoms in total. The van der Waals surface area contributed by atoms with Crippen LogP contribution in [0.25, 0.3) is 0 Å². The van der Waals surface area contributed by atoms with Crippen molar-refractivity contribution >= 4 is 38.8 Å². The molecule has 130 valence electrons. The van der Waals surface area contributed by atoms with Crippen LogP contribution in [0, 0.1) is 11.3 Å². The fourth-order valence-corrected chi connectivity index (χ4v) is 3.71. The van der Waals surface area contributed by atoms with Crippen LogP contribution < -0.4 is 10.0 Å². The highest BCUT2D eigenvalue weighted by Crippen LogP contribution is 2.23. The van der Waals surface area contributed by atoms with Gasteiger partial charge in [-0.25, -0.2) is 13.4 Å². The van der Waals surface area contributed by atoms with E-state index in [0.717, 1.165) is 5.69 Å². The molecule has 0 aliphatic rings. The van der Waals surface area contributed by atoms with Crippen LogP contribution in [0.4, 0.5) is 17.2 Å². The molecule has 0 unspecified atom stereocenters. The van der Waals surface area contributed by atoms with Crippen molar-refractivity contribution in [2.75, 3.05) is 10.0 Å². The third-order valence-electron chi connectivity index (χ3n) is 3.43. The zero-order chi connectivity index (χ0) is 18.6. The van der Waals surface area contributed by atoms with E-state index < -0.39 is 10.0 Å². The van der Waals surface area contributed by atoms with Crippen LogP contribution in [0.15, 0.2) is 71.8 Å². The predicted molar refractivity (Wildman–Crippen MR) is 101 cm³/mol. The number of hydrogen-bond donors (Lipinski definition) is 2. The van der Waals surface area contributed by atoms with Gasteiger partial charge in [0.2, 0.25) is 0 Å². The average Bonchev–Trinajstić information content (AvgIpc) is 2.64. The SMILES string of the molecule is N#Cc1ccc(Nc2ccc(NS(=O)(=O)c3ccccc3Cl)nc2)cc1. The molecule has 0 aliphatic carbocycles. The van der Waals surface area contributed by atoms with Gasteiger partial charge in [0.05, 0.1) is 28.5 Å². The smallest absolute Gasteiger partial charge is 0.264 e. The topological polar surface area (TPSA) is 94.9 Å². The van der Waals surface area contributed by atoms with Crippen molar-refractivity contribution in [3.05, 3.63) is 77.4 Å². The quantitative estimate of drug-likeness (QED) is 0.689. The van der Waals surface area contributed by atoms with Crippen LogP contribution >= 0.6 is 11.6 Å². The first-order chi connectivity index (χ1) is 12.5. The van der Waals surface area contributed by atoms with Crippen molar-refractivity contribution < 1.29 is 8.42 Å². The van der Waals surface area contributed by atoms with Gasteiger partial charge in [-0.1, -0.05) is 23.7 Å². The molecule has 2 N–H and O–H groups in total. The van der Waals surface area contributed by atoms with E-state index in [9.17, 15) is 8.42 Å². The molecular formula is C18H13ClN4O2S. The number of aromatic nitrogens is 1. The number of nitrogens with zero attached hydrogens (tertiary/aromatic N) is 2. The average molecular weight is 385 g/mol. The lowest BCUT2D eigenvalue weighted by Gasteiger charge is -2.10. The molecule has 0 aliphatic heterocycles. The van der Waals surface area contributed by atoms with Gasteiger partial charge in [-0.05, 0) is 48.5 Å². The van der Waals surface area contributed by atoms with E-state index >= 15 is 0 Å². The van der Waals surface area contributed by atoms with E-state index in [2.05, 4.69) is 15.0 Å². The Morgan fingerprint density at radius 2 is 1.65 bits per heavy atom. The summed E-state index contributed by atoms with van der Waals surface area (Å²) in [4.78, 5) is 4.09. The molecule has 0 amide bonds. The summed E-state index contributed by atoms with van der Waals surface area (Å²) in [5.74, 6) is 0.176. The van der Waals surface area contributed by atoms with Crippen LogP contribution in [0.5, 0.6) is 0 Å². The number of sulfonamides is 1. The normalized spacial score (nSPS) is 10.8. The number of nitrogens with one attached hydrogen (secondary N) is 2. The second-order valence-corrected chi connectivity index (χ2v) is 7.34. The fraction of sp³-hybridized carbons (Fsp3) is 0. The summed E-state index contributed by atoms with van der Waals surface area (Å²) >= 11 is 5.94. The largest absolute Gasteiger partial charge is 0.354 e. The molecule has 0 saturated carbocycles. The first-order valence-corrected chi connectivity index (χ1v) is 9.35. The second kappa shape index (κ2) is 7.44. The van der Waals surface area contributed by atoms with Gasteiger partial charge in [0, 0.05) is 5.69 Å². The van der Waals surface area contributed by atoms with Crippen molar-refractivity contribution in [1.29, 1.82) is 5.26 Å². The summed E-state index contributed by atoms with van der Waals surface area (Å²) in [7, 11) is -3.82. The Balaban J connectivity index is 1.73. The Labute approximate surface area is 156 Å². The van der Waals surface area contributed by atoms with Crippen LogP contribution in [-0.2, 0) is 10.0 Å². The fourth-order valence-electron chi connectivity index (χ4n) is 2.18. The Kier molecular flexibility index (Phi) is 5.07. The molecule has 0 fully saturated rings. The van der Waals surface area contributed by atoms with Crippen molar-refractivity contribution in [2.45, 2.75) is 4.90 Å². The summed E-state index contributed by atoms with van der Waals surface area (Å²) < 4.78 is 27.2. The van der Waals surface area contributed by atoms with Gasteiger partial charge in [0.1, 0.15) is 10.7 Å². The van der Waals surface area contributed by atoms with Gasteiger partial charge in [-0.3, -0.25) is 4.72 Å². The molecule has 0 spiro atoms. The molecule has 0 saturated heterocycles. The van der Waals surface area contributed by atoms with Gasteiger partial charge in [-0.2, -0.15) is 5.26 Å². The Bertz CT molecular complexity index is 1060. The molecule has 1 heterocycles. The van der Waals surface area contributed by atoms with Gasteiger partial charge in [0.15, 0.2) is 0 Å². The van der Waals surface area contributed by atoms with E-state index in [1.165, 1.54) is 18.3 Å². The lowest BCUT2D eigenvalue weighted by Crippen LogP contribution is -2.14. The number of rotatable bonds is 5. The van der Waals surface area contributed by atoms with E-state index in [0.29, 0.717) is 11.3 Å². The maximum atomic E-state index is 12.4. The summed E-state index contributed by atoms with van der Waals surface area (Å²) in [5, 5.41) is 12.1. The summed E-state index contributed by atoms with van der Waals surface area (Å²) in [5.41, 5.74) is 2.03. The molecule has 0 radical (unpaired) electrons. The molecule has 1 aromatic heterocycles. The first kappa shape index (κ1) is 17.7. The van der Waals surface area contributed by atoms with Crippen LogP contribution in [-0.4, -0.2) is 13.4 Å². The number of anilines is 3. The zero-order valence-corrected chi connectivity index (χ0v) is 14.9. The molecular weight excluding hydrogens is 372 g/mol. The third kappa shape index (κ3) is 4.11. The molecule has 3 aromatic rings. The van der Waals surface area contributed by atoms with Crippen molar-refractivity contribution in [2.24, 2.45) is 0 Å². The Hall–Kier alpha value is -3.08. The molecule has 2 aromatic carbocycles. The number of nitriles is 1. The second-order valence-electron chi connectivity index (χ2n) is 5.28. The number of hydrogen-bond acceptors (Lipinski definition) is 5. The maximum Gasteiger partial charge on any atom is 0.264 e. The lowest BCUT2D eigenvalue weighted by atomic mass is 10.2. The summed E-state index contributed by atoms with van der Waals surface area (Å²) in [6, 6.07) is 18.4. The summed E-state index contributed by atoms with van der Waals surface area (Å²) in [6.07, 6.45) is 1.50. The van der Waals surface area contributed by atoms with Gasteiger partial charge in [0.25, 0.3) is 10.0 Å². The molecule has 8 heteroatoms. The highest BCUT2D eigenvalue weighted by molar-refractivity contribution is 7.92. The standard InChI is InChI=1S/C18H13ClN4O2S/c19-16-3-1-2-4-17(16)26(24,25)23-18-10-9-15(12-21-18)22-14-7-5-13(11-20)6-8-14/h1-10,12,22H,(H,21,23). The van der Waals surface area contributed by atoms with E-state index in [-0.39, 0.29) is 15.7 Å². The monoisotopic (exact) mass is 384 g/mol. The number of halogens is 1. The van der Waals surface area contributed by atoms with Crippen molar-refractivity contribution in [3.8, 4) is 6.07 Å². The molecule has 3 rings (SSSR count).